The van der Waals surface area contributed by atoms with E-state index in [-0.39, 0.29) is 11.6 Å². The second kappa shape index (κ2) is 8.58. The first kappa shape index (κ1) is 18.1. The summed E-state index contributed by atoms with van der Waals surface area (Å²) in [6.45, 7) is 2.79. The van der Waals surface area contributed by atoms with Crippen LogP contribution in [-0.4, -0.2) is 28.6 Å². The fourth-order valence-corrected chi connectivity index (χ4v) is 2.91. The summed E-state index contributed by atoms with van der Waals surface area (Å²) in [5.74, 6) is 0.226. The molecule has 26 heavy (non-hydrogen) atoms. The quantitative estimate of drug-likeness (QED) is 0.643. The van der Waals surface area contributed by atoms with Crippen LogP contribution in [0.1, 0.15) is 23.0 Å². The number of para-hydroxylation sites is 1. The van der Waals surface area contributed by atoms with E-state index in [0.29, 0.717) is 18.9 Å². The van der Waals surface area contributed by atoms with E-state index in [2.05, 4.69) is 10.4 Å². The Bertz CT molecular complexity index is 861. The largest absolute Gasteiger partial charge is 0.490 e. The van der Waals surface area contributed by atoms with Gasteiger partial charge in [0.25, 0.3) is 5.91 Å². The van der Waals surface area contributed by atoms with Gasteiger partial charge in [0.05, 0.1) is 18.5 Å². The number of benzene rings is 2. The third kappa shape index (κ3) is 4.26. The monoisotopic (exact) mass is 367 g/mol. The highest BCUT2D eigenvalue weighted by Crippen LogP contribution is 2.20. The van der Waals surface area contributed by atoms with Crippen molar-refractivity contribution in [3.8, 4) is 11.4 Å². The van der Waals surface area contributed by atoms with Crippen LogP contribution >= 0.6 is 11.8 Å². The first-order valence-electron chi connectivity index (χ1n) is 8.40. The lowest BCUT2D eigenvalue weighted by molar-refractivity contribution is 0.0941. The van der Waals surface area contributed by atoms with E-state index in [1.165, 1.54) is 4.90 Å². The molecule has 3 rings (SSSR count). The predicted molar refractivity (Wildman–Crippen MR) is 104 cm³/mol. The average Bonchev–Trinajstić information content (AvgIpc) is 3.11. The Morgan fingerprint density at radius 3 is 2.54 bits per heavy atom. The van der Waals surface area contributed by atoms with Crippen molar-refractivity contribution in [1.82, 2.24) is 15.1 Å². The molecule has 0 atom stereocenters. The van der Waals surface area contributed by atoms with Gasteiger partial charge in [-0.2, -0.15) is 5.10 Å². The molecule has 1 amide bonds. The number of hydrogen-bond donors (Lipinski definition) is 1. The van der Waals surface area contributed by atoms with Crippen molar-refractivity contribution in [2.24, 2.45) is 0 Å². The van der Waals surface area contributed by atoms with Gasteiger partial charge in [-0.05, 0) is 43.0 Å². The number of aromatic nitrogens is 2. The molecule has 0 spiro atoms. The van der Waals surface area contributed by atoms with Crippen molar-refractivity contribution in [1.29, 1.82) is 0 Å². The Balaban J connectivity index is 1.75. The lowest BCUT2D eigenvalue weighted by Gasteiger charge is -2.06. The number of rotatable bonds is 7. The van der Waals surface area contributed by atoms with Crippen LogP contribution in [0.3, 0.4) is 0 Å². The van der Waals surface area contributed by atoms with E-state index < -0.39 is 0 Å². The molecular formula is C20H21N3O2S. The molecule has 1 N–H and O–H groups in total. The van der Waals surface area contributed by atoms with E-state index in [1.807, 2.05) is 67.8 Å². The van der Waals surface area contributed by atoms with Crippen LogP contribution < -0.4 is 10.1 Å². The number of carbonyl (C=O) groups is 1. The number of nitrogens with one attached hydrogen (secondary N) is 1. The van der Waals surface area contributed by atoms with Crippen molar-refractivity contribution in [2.75, 3.05) is 12.9 Å². The highest BCUT2D eigenvalue weighted by atomic mass is 32.2. The standard InChI is InChI=1S/C20H21N3O2S/c1-3-25-18-14-23(16-7-5-4-6-8-16)22-19(18)20(24)21-13-15-9-11-17(26-2)12-10-15/h4-12,14H,3,13H2,1-2H3,(H,21,24). The molecular weight excluding hydrogens is 346 g/mol. The van der Waals surface area contributed by atoms with Gasteiger partial charge < -0.3 is 10.1 Å². The van der Waals surface area contributed by atoms with E-state index in [0.717, 1.165) is 11.3 Å². The van der Waals surface area contributed by atoms with Gasteiger partial charge in [-0.25, -0.2) is 4.68 Å². The predicted octanol–water partition coefficient (Wildman–Crippen LogP) is 3.92. The van der Waals surface area contributed by atoms with Crippen molar-refractivity contribution < 1.29 is 9.53 Å². The molecule has 1 aromatic heterocycles. The van der Waals surface area contributed by atoms with Crippen molar-refractivity contribution in [3.05, 3.63) is 72.1 Å². The molecule has 0 aliphatic carbocycles. The van der Waals surface area contributed by atoms with Crippen molar-refractivity contribution >= 4 is 17.7 Å². The fraction of sp³-hybridized carbons (Fsp3) is 0.200. The van der Waals surface area contributed by atoms with Crippen LogP contribution in [0, 0.1) is 0 Å². The summed E-state index contributed by atoms with van der Waals surface area (Å²) in [6, 6.07) is 17.8. The minimum Gasteiger partial charge on any atom is -0.490 e. The van der Waals surface area contributed by atoms with Crippen LogP contribution in [-0.2, 0) is 6.54 Å². The molecule has 134 valence electrons. The van der Waals surface area contributed by atoms with E-state index in [9.17, 15) is 4.79 Å². The summed E-state index contributed by atoms with van der Waals surface area (Å²) in [7, 11) is 0. The lowest BCUT2D eigenvalue weighted by atomic mass is 10.2. The maximum absolute atomic E-state index is 12.6. The number of nitrogens with zero attached hydrogens (tertiary/aromatic N) is 2. The maximum Gasteiger partial charge on any atom is 0.275 e. The third-order valence-electron chi connectivity index (χ3n) is 3.83. The van der Waals surface area contributed by atoms with Gasteiger partial charge in [0.15, 0.2) is 11.4 Å². The van der Waals surface area contributed by atoms with Crippen LogP contribution in [0.5, 0.6) is 5.75 Å². The lowest BCUT2D eigenvalue weighted by Crippen LogP contribution is -2.24. The fourth-order valence-electron chi connectivity index (χ4n) is 2.50. The molecule has 6 heteroatoms. The zero-order valence-electron chi connectivity index (χ0n) is 14.8. The van der Waals surface area contributed by atoms with E-state index >= 15 is 0 Å². The van der Waals surface area contributed by atoms with Crippen LogP contribution in [0.4, 0.5) is 0 Å². The van der Waals surface area contributed by atoms with E-state index in [1.54, 1.807) is 22.6 Å². The van der Waals surface area contributed by atoms with E-state index in [4.69, 9.17) is 4.74 Å². The zero-order chi connectivity index (χ0) is 18.4. The molecule has 0 aliphatic heterocycles. The summed E-state index contributed by atoms with van der Waals surface area (Å²) in [6.07, 6.45) is 3.77. The summed E-state index contributed by atoms with van der Waals surface area (Å²) in [5, 5.41) is 7.33. The summed E-state index contributed by atoms with van der Waals surface area (Å²) >= 11 is 1.69. The SMILES string of the molecule is CCOc1cn(-c2ccccc2)nc1C(=O)NCc1ccc(SC)cc1. The summed E-state index contributed by atoms with van der Waals surface area (Å²) in [5.41, 5.74) is 2.20. The molecule has 0 saturated carbocycles. The number of ether oxygens (including phenoxy) is 1. The summed E-state index contributed by atoms with van der Waals surface area (Å²) < 4.78 is 7.26. The normalized spacial score (nSPS) is 10.5. The molecule has 0 radical (unpaired) electrons. The number of thioether (sulfide) groups is 1. The van der Waals surface area contributed by atoms with Gasteiger partial charge in [-0.1, -0.05) is 30.3 Å². The van der Waals surface area contributed by atoms with Crippen molar-refractivity contribution in [3.63, 3.8) is 0 Å². The first-order valence-corrected chi connectivity index (χ1v) is 9.62. The second-order valence-corrected chi connectivity index (χ2v) is 6.47. The van der Waals surface area contributed by atoms with Gasteiger partial charge in [-0.15, -0.1) is 11.8 Å². The molecule has 5 nitrogen and oxygen atoms in total. The molecule has 0 unspecified atom stereocenters. The average molecular weight is 367 g/mol. The Morgan fingerprint density at radius 1 is 1.15 bits per heavy atom. The highest BCUT2D eigenvalue weighted by molar-refractivity contribution is 7.98. The van der Waals surface area contributed by atoms with Crippen LogP contribution in [0.2, 0.25) is 0 Å². The Labute approximate surface area is 157 Å². The smallest absolute Gasteiger partial charge is 0.275 e. The van der Waals surface area contributed by atoms with Gasteiger partial charge in [0.2, 0.25) is 0 Å². The van der Waals surface area contributed by atoms with Crippen LogP contribution in [0.25, 0.3) is 5.69 Å². The van der Waals surface area contributed by atoms with Gasteiger partial charge in [0, 0.05) is 11.4 Å². The Kier molecular flexibility index (Phi) is 5.96. The molecule has 2 aromatic carbocycles. The molecule has 1 heterocycles. The highest BCUT2D eigenvalue weighted by Gasteiger charge is 2.18. The molecule has 0 fully saturated rings. The third-order valence-corrected chi connectivity index (χ3v) is 4.57. The van der Waals surface area contributed by atoms with Crippen LogP contribution in [0.15, 0.2) is 65.7 Å². The van der Waals surface area contributed by atoms with Gasteiger partial charge in [0.1, 0.15) is 0 Å². The van der Waals surface area contributed by atoms with Gasteiger partial charge >= 0.3 is 0 Å². The topological polar surface area (TPSA) is 56.2 Å². The van der Waals surface area contributed by atoms with Crippen molar-refractivity contribution in [2.45, 2.75) is 18.4 Å². The zero-order valence-corrected chi connectivity index (χ0v) is 15.6. The molecule has 3 aromatic rings. The first-order chi connectivity index (χ1) is 12.7. The molecule has 0 saturated heterocycles. The maximum atomic E-state index is 12.6. The number of amides is 1. The number of carbonyl (C=O) groups excluding carboxylic acids is 1. The Hall–Kier alpha value is -2.73. The minimum absolute atomic E-state index is 0.253. The minimum atomic E-state index is -0.253. The summed E-state index contributed by atoms with van der Waals surface area (Å²) in [4.78, 5) is 13.8. The molecule has 0 bridgehead atoms. The second-order valence-electron chi connectivity index (χ2n) is 5.59. The number of hydrogen-bond acceptors (Lipinski definition) is 4. The van der Waals surface area contributed by atoms with Gasteiger partial charge in [-0.3, -0.25) is 4.79 Å². The Morgan fingerprint density at radius 2 is 1.88 bits per heavy atom. The molecule has 0 aliphatic rings.